The average molecular weight is 1590 g/mol. The molecular weight excluding hydrogens is 1430 g/mol. The number of rotatable bonds is 29. The third-order valence-corrected chi connectivity index (χ3v) is 40.8. The molecule has 12 nitrogen and oxygen atoms in total. The quantitative estimate of drug-likeness (QED) is 0.0163. The molecule has 604 valence electrons. The minimum Gasteiger partial charge on any atom is -0.458 e. The number of halogens is 2. The first-order valence-corrected chi connectivity index (χ1v) is 50.3. The highest BCUT2D eigenvalue weighted by atomic mass is 79.9. The largest absolute Gasteiger partial charge is 0.458 e. The maximum Gasteiger partial charge on any atom is 0.334 e. The van der Waals surface area contributed by atoms with Crippen molar-refractivity contribution in [1.29, 1.82) is 0 Å². The van der Waals surface area contributed by atoms with Crippen molar-refractivity contribution < 1.29 is 61.8 Å². The summed E-state index contributed by atoms with van der Waals surface area (Å²) in [7, 11) is -5.97. The van der Waals surface area contributed by atoms with Gasteiger partial charge in [0.2, 0.25) is 0 Å². The lowest BCUT2D eigenvalue weighted by Crippen LogP contribution is -2.53. The summed E-state index contributed by atoms with van der Waals surface area (Å²) >= 11 is 3.61. The standard InChI is InChI=1S/C34H52O6.C29H60O4Si3.C23H35BrO2.C2H6.FH/c1-20(2)17-26-23(5)33(38)40-30(26)18-21(3)27-12-13-28-24(9-7-14-34(27,28)6)10-11-25-19-29(36)32(31(37)22(25)4)39-16-8-15-35;1-18-21-25(33-36(16,17)29(9,10)11)26(24(19-2)32-35(14,15)28(6,7)8)30-22-20-23-31-34(12,13)27(3,4)5;1-14(2)11-18-16(4)22(25)26-21(18)12-15(3)19-8-9-20-17(13-24)7-6-10-23(19,20)5;1-2;/h10-11,20-21,26-32,35-37H,4-5,7-9,12-19H2,1-3,6H3;1,19,24-26H,2,20-23H2,3-17H3;13-15,18-21H,4,6-12H2,1-3,5H3;1-2H3;1H/b24-10+,25-11-;;17-13+;;/t21-,26+,27-,28+,29-,30-,31-,32+,34-;24-,25-,26-;15-,18+,19-,20+,21-,23-;;/m111../s1. The summed E-state index contributed by atoms with van der Waals surface area (Å²) in [5, 5.41) is 30.8. The predicted octanol–water partition coefficient (Wildman–Crippen LogP) is 22.3. The van der Waals surface area contributed by atoms with Crippen LogP contribution in [0.5, 0.6) is 0 Å². The molecular formula is C88H154BrFO12Si3. The second-order valence-electron chi connectivity index (χ2n) is 38.0. The van der Waals surface area contributed by atoms with Crippen LogP contribution in [0.3, 0.4) is 0 Å². The van der Waals surface area contributed by atoms with E-state index >= 15 is 0 Å². The molecule has 0 radical (unpaired) electrons. The number of carbonyl (C=O) groups excluding carboxylic acids is 2. The molecule has 2 saturated heterocycles. The van der Waals surface area contributed by atoms with Crippen LogP contribution in [-0.2, 0) is 41.8 Å². The molecule has 17 heteroatoms. The highest BCUT2D eigenvalue weighted by Crippen LogP contribution is 2.62. The zero-order chi connectivity index (χ0) is 79.1. The van der Waals surface area contributed by atoms with E-state index in [4.69, 9.17) is 43.8 Å². The number of carbonyl (C=O) groups is 2. The SMILES string of the molecule is C#CC[C@@H](O[Si](C)(C)C(C)(C)C)[C@H](OCCCO[Si](C)(C)C(C)(C)C)[C@@H](C=C)O[Si](C)(C)C(C)(C)C.C=C1/C(=C\C=C2/CCC[C@]3(C)[C@@H]([C@H](C)C[C@H]4OC(=O)C(=C)[C@@H]4CC(C)C)CC[C@@H]23)C[C@@H](O)[C@H](OCCCO)[C@@H]1O.C=C1C(=O)O[C@H](C[C@@H](C)[C@H]2CC[C@H]3/C(=C/Br)CCC[C@]23C)[C@H]1CC(C)C.CC.F. The number of terminal acetylenes is 1. The average Bonchev–Trinajstić information content (AvgIpc) is 1.61. The highest BCUT2D eigenvalue weighted by molar-refractivity contribution is 9.11. The number of esters is 2. The summed E-state index contributed by atoms with van der Waals surface area (Å²) < 4.78 is 44.0. The summed E-state index contributed by atoms with van der Waals surface area (Å²) in [6.45, 7) is 74.4. The molecule has 2 heterocycles. The van der Waals surface area contributed by atoms with Gasteiger partial charge in [-0.05, 0) is 231 Å². The normalized spacial score (nSPS) is 30.7. The molecule has 0 bridgehead atoms. The lowest BCUT2D eigenvalue weighted by atomic mass is 9.60. The minimum atomic E-state index is -2.10. The van der Waals surface area contributed by atoms with Crippen molar-refractivity contribution in [2.75, 3.05) is 26.4 Å². The van der Waals surface area contributed by atoms with Gasteiger partial charge in [0.15, 0.2) is 25.0 Å². The summed E-state index contributed by atoms with van der Waals surface area (Å²) in [5.41, 5.74) is 6.54. The van der Waals surface area contributed by atoms with Gasteiger partial charge in [0, 0.05) is 62.3 Å². The van der Waals surface area contributed by atoms with Crippen LogP contribution < -0.4 is 0 Å². The molecule has 7 rings (SSSR count). The van der Waals surface area contributed by atoms with Crippen molar-refractivity contribution in [3.8, 4) is 12.3 Å². The van der Waals surface area contributed by atoms with Gasteiger partial charge in [0.25, 0.3) is 0 Å². The smallest absolute Gasteiger partial charge is 0.334 e. The maximum absolute atomic E-state index is 12.4. The lowest BCUT2D eigenvalue weighted by Gasteiger charge is -2.45. The van der Waals surface area contributed by atoms with Gasteiger partial charge in [-0.3, -0.25) is 4.70 Å². The van der Waals surface area contributed by atoms with Crippen LogP contribution in [0.1, 0.15) is 247 Å². The Balaban J connectivity index is 0.000000410. The summed E-state index contributed by atoms with van der Waals surface area (Å²) in [4.78, 5) is 26.7. The molecule has 18 atom stereocenters. The third-order valence-electron chi connectivity index (χ3n) is 26.7. The molecule has 7 aliphatic rings. The van der Waals surface area contributed by atoms with Crippen molar-refractivity contribution >= 4 is 52.8 Å². The van der Waals surface area contributed by atoms with E-state index in [1.807, 2.05) is 19.9 Å². The Hall–Kier alpha value is -2.58. The monoisotopic (exact) mass is 1580 g/mol. The number of cyclic esters (lactones) is 2. The van der Waals surface area contributed by atoms with Gasteiger partial charge in [-0.15, -0.1) is 18.9 Å². The zero-order valence-electron chi connectivity index (χ0n) is 71.0. The number of ether oxygens (including phenoxy) is 4. The Bertz CT molecular complexity index is 2940. The Kier molecular flexibility index (Phi) is 38.0. The second-order valence-corrected chi connectivity index (χ2v) is 52.8. The van der Waals surface area contributed by atoms with E-state index in [9.17, 15) is 19.8 Å². The summed E-state index contributed by atoms with van der Waals surface area (Å²) in [6.07, 6.45) is 27.0. The van der Waals surface area contributed by atoms with Gasteiger partial charge in [-0.25, -0.2) is 9.59 Å². The van der Waals surface area contributed by atoms with E-state index in [-0.39, 0.29) is 86.1 Å². The number of hydrogen-bond acceptors (Lipinski definition) is 12. The Morgan fingerprint density at radius 2 is 1.11 bits per heavy atom. The number of fused-ring (bicyclic) bond motifs is 2. The molecule has 105 heavy (non-hydrogen) atoms. The van der Waals surface area contributed by atoms with Crippen LogP contribution >= 0.6 is 15.9 Å². The molecule has 0 aromatic carbocycles. The van der Waals surface area contributed by atoms with Crippen molar-refractivity contribution in [1.82, 2.24) is 0 Å². The van der Waals surface area contributed by atoms with Crippen LogP contribution in [0.15, 0.2) is 83.0 Å². The van der Waals surface area contributed by atoms with Crippen LogP contribution in [0.25, 0.3) is 0 Å². The lowest BCUT2D eigenvalue weighted by molar-refractivity contribution is -0.141. The third kappa shape index (κ3) is 25.0. The van der Waals surface area contributed by atoms with Gasteiger partial charge < -0.3 is 47.5 Å². The number of hydrogen-bond donors (Lipinski definition) is 3. The molecule has 0 aromatic rings. The summed E-state index contributed by atoms with van der Waals surface area (Å²) in [6, 6.07) is 0. The van der Waals surface area contributed by atoms with Crippen LogP contribution in [0, 0.1) is 82.4 Å². The molecule has 0 aromatic heterocycles. The predicted molar refractivity (Wildman–Crippen MR) is 447 cm³/mol. The molecule has 0 spiro atoms. The van der Waals surface area contributed by atoms with E-state index in [2.05, 4.69) is 222 Å². The van der Waals surface area contributed by atoms with E-state index < -0.39 is 43.3 Å². The van der Waals surface area contributed by atoms with Gasteiger partial charge in [0.05, 0.1) is 18.3 Å². The fraction of sp³-hybridized carbons (Fsp3) is 0.795. The fourth-order valence-corrected chi connectivity index (χ4v) is 21.9. The maximum atomic E-state index is 12.4. The number of aliphatic hydroxyl groups is 3. The first-order valence-electron chi connectivity index (χ1n) is 40.6. The second kappa shape index (κ2) is 41.3. The summed E-state index contributed by atoms with van der Waals surface area (Å²) in [5.74, 6) is 7.45. The molecule has 0 amide bonds. The Morgan fingerprint density at radius 3 is 1.54 bits per heavy atom. The fourth-order valence-electron chi connectivity index (χ4n) is 17.6. The van der Waals surface area contributed by atoms with Crippen LogP contribution in [-0.4, -0.2) is 127 Å². The van der Waals surface area contributed by atoms with Crippen LogP contribution in [0.4, 0.5) is 4.70 Å². The Labute approximate surface area is 652 Å². The first-order chi connectivity index (χ1) is 48.2. The van der Waals surface area contributed by atoms with Crippen molar-refractivity contribution in [3.05, 3.63) is 83.0 Å². The number of aliphatic hydroxyl groups excluding tert-OH is 3. The molecule has 5 saturated carbocycles. The first kappa shape index (κ1) is 96.6. The van der Waals surface area contributed by atoms with E-state index in [0.717, 1.165) is 62.4 Å². The molecule has 0 unspecified atom stereocenters. The van der Waals surface area contributed by atoms with Gasteiger partial charge in [-0.2, -0.15) is 0 Å². The van der Waals surface area contributed by atoms with Gasteiger partial charge >= 0.3 is 11.9 Å². The highest BCUT2D eigenvalue weighted by Gasteiger charge is 2.55. The van der Waals surface area contributed by atoms with E-state index in [0.29, 0.717) is 96.7 Å². The van der Waals surface area contributed by atoms with E-state index in [1.165, 1.54) is 56.9 Å². The minimum absolute atomic E-state index is 0. The number of allylic oxidation sites excluding steroid dienone is 4. The molecule has 3 N–H and O–H groups in total. The van der Waals surface area contributed by atoms with Gasteiger partial charge in [-0.1, -0.05) is 197 Å². The Morgan fingerprint density at radius 1 is 0.657 bits per heavy atom. The van der Waals surface area contributed by atoms with Crippen molar-refractivity contribution in [3.63, 3.8) is 0 Å². The van der Waals surface area contributed by atoms with Crippen molar-refractivity contribution in [2.24, 2.45) is 70.0 Å². The van der Waals surface area contributed by atoms with Crippen molar-refractivity contribution in [2.45, 2.75) is 350 Å². The van der Waals surface area contributed by atoms with Crippen LogP contribution in [0.2, 0.25) is 54.4 Å². The zero-order valence-corrected chi connectivity index (χ0v) is 75.6. The molecule has 2 aliphatic heterocycles. The van der Waals surface area contributed by atoms with E-state index in [1.54, 1.807) is 5.57 Å². The molecule has 7 fully saturated rings. The topological polar surface area (TPSA) is 159 Å². The van der Waals surface area contributed by atoms with Gasteiger partial charge in [0.1, 0.15) is 30.5 Å². The molecule has 5 aliphatic carbocycles.